The van der Waals surface area contributed by atoms with Gasteiger partial charge in [-0.2, -0.15) is 0 Å². The van der Waals surface area contributed by atoms with Gasteiger partial charge >= 0.3 is 0 Å². The molecule has 0 radical (unpaired) electrons. The minimum absolute atomic E-state index is 0.0757. The molecule has 2 atom stereocenters. The summed E-state index contributed by atoms with van der Waals surface area (Å²) < 4.78 is 5.25. The van der Waals surface area contributed by atoms with E-state index in [0.29, 0.717) is 0 Å². The van der Waals surface area contributed by atoms with Crippen molar-refractivity contribution >= 4 is 5.91 Å². The fourth-order valence-corrected chi connectivity index (χ4v) is 2.73. The molecule has 1 N–H and O–H groups in total. The number of ether oxygens (including phenoxy) is 1. The van der Waals surface area contributed by atoms with Gasteiger partial charge < -0.3 is 14.7 Å². The number of amides is 1. The highest BCUT2D eigenvalue weighted by Crippen LogP contribution is 2.34. The fraction of sp³-hybridized carbons (Fsp3) is 0.533. The van der Waals surface area contributed by atoms with E-state index in [4.69, 9.17) is 4.74 Å². The van der Waals surface area contributed by atoms with Gasteiger partial charge in [-0.25, -0.2) is 0 Å². The van der Waals surface area contributed by atoms with E-state index in [1.54, 1.807) is 12.0 Å². The largest absolute Gasteiger partial charge is 0.496 e. The molecule has 104 valence electrons. The maximum Gasteiger partial charge on any atom is 0.251 e. The third-order valence-electron chi connectivity index (χ3n) is 3.70. The number of hydrogen-bond acceptors (Lipinski definition) is 3. The number of aliphatic hydroxyl groups excluding tert-OH is 1. The lowest BCUT2D eigenvalue weighted by Crippen LogP contribution is -2.37. The zero-order valence-electron chi connectivity index (χ0n) is 11.7. The lowest BCUT2D eigenvalue weighted by atomic mass is 10.0. The molecule has 1 saturated heterocycles. The highest BCUT2D eigenvalue weighted by Gasteiger charge is 2.31. The van der Waals surface area contributed by atoms with Crippen LogP contribution in [0.4, 0.5) is 0 Å². The van der Waals surface area contributed by atoms with E-state index >= 15 is 0 Å². The molecule has 1 aliphatic rings. The molecule has 4 heteroatoms. The van der Waals surface area contributed by atoms with Crippen molar-refractivity contribution in [2.75, 3.05) is 13.7 Å². The lowest BCUT2D eigenvalue weighted by Gasteiger charge is -2.26. The predicted molar refractivity (Wildman–Crippen MR) is 73.1 cm³/mol. The first-order valence-corrected chi connectivity index (χ1v) is 6.67. The Hall–Kier alpha value is -1.55. The van der Waals surface area contributed by atoms with E-state index in [-0.39, 0.29) is 11.9 Å². The number of benzene rings is 1. The van der Waals surface area contributed by atoms with Gasteiger partial charge in [-0.15, -0.1) is 0 Å². The Balaban J connectivity index is 2.25. The van der Waals surface area contributed by atoms with Crippen molar-refractivity contribution in [2.24, 2.45) is 0 Å². The van der Waals surface area contributed by atoms with Gasteiger partial charge in [-0.1, -0.05) is 12.1 Å². The number of carbonyl (C=O) groups excluding carboxylic acids is 1. The Bertz CT molecular complexity index is 470. The van der Waals surface area contributed by atoms with Crippen LogP contribution in [0.5, 0.6) is 5.75 Å². The van der Waals surface area contributed by atoms with Crippen molar-refractivity contribution in [3.63, 3.8) is 0 Å². The van der Waals surface area contributed by atoms with Crippen LogP contribution in [0.2, 0.25) is 0 Å². The third-order valence-corrected chi connectivity index (χ3v) is 3.70. The molecule has 1 amide bonds. The van der Waals surface area contributed by atoms with Crippen molar-refractivity contribution in [1.82, 2.24) is 4.90 Å². The number of hydrogen-bond donors (Lipinski definition) is 1. The zero-order chi connectivity index (χ0) is 14.0. The fourth-order valence-electron chi connectivity index (χ4n) is 2.73. The Morgan fingerprint density at radius 1 is 1.53 bits per heavy atom. The number of aryl methyl sites for hydroxylation is 1. The van der Waals surface area contributed by atoms with E-state index in [9.17, 15) is 9.90 Å². The number of carbonyl (C=O) groups is 1. The van der Waals surface area contributed by atoms with Gasteiger partial charge in [0, 0.05) is 6.54 Å². The molecule has 4 nitrogen and oxygen atoms in total. The van der Waals surface area contributed by atoms with Gasteiger partial charge in [0.25, 0.3) is 5.91 Å². The maximum absolute atomic E-state index is 12.0. The van der Waals surface area contributed by atoms with E-state index in [2.05, 4.69) is 6.07 Å². The van der Waals surface area contributed by atoms with Crippen LogP contribution in [0.25, 0.3) is 0 Å². The molecule has 0 unspecified atom stereocenters. The number of methoxy groups -OCH3 is 1. The molecule has 1 fully saturated rings. The molecule has 0 bridgehead atoms. The molecule has 1 aliphatic heterocycles. The Morgan fingerprint density at radius 3 is 2.84 bits per heavy atom. The van der Waals surface area contributed by atoms with Crippen LogP contribution < -0.4 is 4.74 Å². The topological polar surface area (TPSA) is 49.8 Å². The third kappa shape index (κ3) is 2.73. The van der Waals surface area contributed by atoms with Crippen molar-refractivity contribution in [3.05, 3.63) is 29.3 Å². The quantitative estimate of drug-likeness (QED) is 0.908. The smallest absolute Gasteiger partial charge is 0.251 e. The summed E-state index contributed by atoms with van der Waals surface area (Å²) in [6, 6.07) is 6.08. The summed E-state index contributed by atoms with van der Waals surface area (Å²) >= 11 is 0. The summed E-state index contributed by atoms with van der Waals surface area (Å²) in [4.78, 5) is 13.8. The van der Waals surface area contributed by atoms with Crippen molar-refractivity contribution < 1.29 is 14.6 Å². The van der Waals surface area contributed by atoms with Gasteiger partial charge in [0.1, 0.15) is 11.9 Å². The zero-order valence-corrected chi connectivity index (χ0v) is 11.7. The second-order valence-electron chi connectivity index (χ2n) is 5.09. The van der Waals surface area contributed by atoms with E-state index in [1.807, 2.05) is 19.1 Å². The molecule has 0 saturated carbocycles. The van der Waals surface area contributed by atoms with Crippen LogP contribution in [-0.2, 0) is 4.79 Å². The van der Waals surface area contributed by atoms with Gasteiger partial charge in [0.2, 0.25) is 0 Å². The van der Waals surface area contributed by atoms with Crippen LogP contribution in [-0.4, -0.2) is 35.7 Å². The van der Waals surface area contributed by atoms with Crippen molar-refractivity contribution in [1.29, 1.82) is 0 Å². The Morgan fingerprint density at radius 2 is 2.26 bits per heavy atom. The van der Waals surface area contributed by atoms with Gasteiger partial charge in [-0.05, 0) is 43.9 Å². The Kier molecular flexibility index (Phi) is 4.10. The molecule has 0 aromatic heterocycles. The second-order valence-corrected chi connectivity index (χ2v) is 5.09. The molecule has 19 heavy (non-hydrogen) atoms. The Labute approximate surface area is 114 Å². The number of rotatable bonds is 3. The first kappa shape index (κ1) is 13.9. The van der Waals surface area contributed by atoms with Gasteiger partial charge in [-0.3, -0.25) is 4.79 Å². The van der Waals surface area contributed by atoms with Crippen LogP contribution >= 0.6 is 0 Å². The molecule has 0 spiro atoms. The minimum atomic E-state index is -0.931. The predicted octanol–water partition coefficient (Wildman–Crippen LogP) is 2.05. The number of nitrogens with zero attached hydrogens (tertiary/aromatic N) is 1. The maximum atomic E-state index is 12.0. The van der Waals surface area contributed by atoms with Crippen LogP contribution in [0.1, 0.15) is 36.9 Å². The van der Waals surface area contributed by atoms with Crippen LogP contribution in [0.15, 0.2) is 18.2 Å². The van der Waals surface area contributed by atoms with Crippen molar-refractivity contribution in [3.8, 4) is 5.75 Å². The van der Waals surface area contributed by atoms with Gasteiger partial charge in [0.15, 0.2) is 0 Å². The SMILES string of the molecule is COc1ccc([C@H]2CCCN2C(=O)[C@H](C)O)cc1C. The molecule has 0 aliphatic carbocycles. The second kappa shape index (κ2) is 5.61. The summed E-state index contributed by atoms with van der Waals surface area (Å²) in [6.45, 7) is 4.24. The molecular weight excluding hydrogens is 242 g/mol. The average molecular weight is 263 g/mol. The molecule has 2 rings (SSSR count). The summed E-state index contributed by atoms with van der Waals surface area (Å²) in [7, 11) is 1.65. The summed E-state index contributed by atoms with van der Waals surface area (Å²) in [5, 5.41) is 9.47. The molecule has 1 heterocycles. The average Bonchev–Trinajstić information content (AvgIpc) is 2.86. The van der Waals surface area contributed by atoms with E-state index in [0.717, 1.165) is 36.3 Å². The number of likely N-dealkylation sites (tertiary alicyclic amines) is 1. The first-order valence-electron chi connectivity index (χ1n) is 6.67. The molecule has 1 aromatic rings. The highest BCUT2D eigenvalue weighted by molar-refractivity contribution is 5.81. The summed E-state index contributed by atoms with van der Waals surface area (Å²) in [6.07, 6.45) is 0.998. The minimum Gasteiger partial charge on any atom is -0.496 e. The van der Waals surface area contributed by atoms with Gasteiger partial charge in [0.05, 0.1) is 13.2 Å². The normalized spacial score (nSPS) is 20.4. The van der Waals surface area contributed by atoms with Crippen LogP contribution in [0, 0.1) is 6.92 Å². The standard InChI is InChI=1S/C15H21NO3/c1-10-9-12(6-7-14(10)19-3)13-5-4-8-16(13)15(18)11(2)17/h6-7,9,11,13,17H,4-5,8H2,1-3H3/t11-,13+/m0/s1. The number of aliphatic hydroxyl groups is 1. The summed E-state index contributed by atoms with van der Waals surface area (Å²) in [5.41, 5.74) is 2.18. The lowest BCUT2D eigenvalue weighted by molar-refractivity contribution is -0.140. The van der Waals surface area contributed by atoms with Crippen LogP contribution in [0.3, 0.4) is 0 Å². The molecule has 1 aromatic carbocycles. The highest BCUT2D eigenvalue weighted by atomic mass is 16.5. The van der Waals surface area contributed by atoms with E-state index < -0.39 is 6.10 Å². The molecular formula is C15H21NO3. The van der Waals surface area contributed by atoms with E-state index in [1.165, 1.54) is 6.92 Å². The summed E-state index contributed by atoms with van der Waals surface area (Å²) in [5.74, 6) is 0.672. The van der Waals surface area contributed by atoms with Crippen molar-refractivity contribution in [2.45, 2.75) is 38.8 Å². The monoisotopic (exact) mass is 263 g/mol. The first-order chi connectivity index (χ1) is 9.04.